The molecule has 1 aliphatic carbocycles. The summed E-state index contributed by atoms with van der Waals surface area (Å²) < 4.78 is 12.8. The van der Waals surface area contributed by atoms with Crippen molar-refractivity contribution in [3.05, 3.63) is 60.2 Å². The van der Waals surface area contributed by atoms with Crippen molar-refractivity contribution in [2.24, 2.45) is 0 Å². The molecule has 4 heterocycles. The number of aryl methyl sites for hydroxylation is 1. The first-order valence-corrected chi connectivity index (χ1v) is 13.8. The van der Waals surface area contributed by atoms with Gasteiger partial charge in [-0.05, 0) is 56.9 Å². The van der Waals surface area contributed by atoms with Crippen molar-refractivity contribution in [3.63, 3.8) is 0 Å². The predicted octanol–water partition coefficient (Wildman–Crippen LogP) is 4.46. The number of ether oxygens (including phenoxy) is 1. The minimum Gasteiger partial charge on any atom is -0.465 e. The molecule has 3 unspecified atom stereocenters. The lowest BCUT2D eigenvalue weighted by Gasteiger charge is -2.40. The summed E-state index contributed by atoms with van der Waals surface area (Å²) in [5, 5.41) is 12.0. The van der Waals surface area contributed by atoms with Gasteiger partial charge in [-0.15, -0.1) is 0 Å². The van der Waals surface area contributed by atoms with Crippen molar-refractivity contribution in [2.75, 3.05) is 30.4 Å². The number of benzene rings is 1. The summed E-state index contributed by atoms with van der Waals surface area (Å²) in [5.41, 5.74) is 3.33. The lowest BCUT2D eigenvalue weighted by Crippen LogP contribution is -2.54. The summed E-state index contributed by atoms with van der Waals surface area (Å²) in [5.74, 6) is 1.03. The van der Waals surface area contributed by atoms with Gasteiger partial charge in [-0.3, -0.25) is 0 Å². The van der Waals surface area contributed by atoms with Crippen LogP contribution in [0.25, 0.3) is 17.0 Å². The lowest BCUT2D eigenvalue weighted by atomic mass is 9.89. The van der Waals surface area contributed by atoms with Gasteiger partial charge < -0.3 is 24.7 Å². The molecule has 3 atom stereocenters. The average Bonchev–Trinajstić information content (AvgIpc) is 3.59. The van der Waals surface area contributed by atoms with E-state index in [4.69, 9.17) is 9.15 Å². The van der Waals surface area contributed by atoms with Crippen LogP contribution in [0.5, 0.6) is 0 Å². The van der Waals surface area contributed by atoms with Gasteiger partial charge in [0, 0.05) is 36.8 Å². The summed E-state index contributed by atoms with van der Waals surface area (Å²) >= 11 is 0. The van der Waals surface area contributed by atoms with Crippen LogP contribution in [0, 0.1) is 6.92 Å². The number of oxazole rings is 1. The summed E-state index contributed by atoms with van der Waals surface area (Å²) in [6.07, 6.45) is 10.7. The smallest absolute Gasteiger partial charge is 0.337 e. The van der Waals surface area contributed by atoms with Crippen LogP contribution in [0.3, 0.4) is 0 Å². The zero-order valence-corrected chi connectivity index (χ0v) is 22.5. The molecule has 204 valence electrons. The number of fused-ring (bicyclic) bond motifs is 1. The predicted molar refractivity (Wildman–Crippen MR) is 149 cm³/mol. The topological polar surface area (TPSA) is 110 Å². The number of hydrogen-bond donors (Lipinski definition) is 2. The quantitative estimate of drug-likeness (QED) is 0.335. The highest BCUT2D eigenvalue weighted by Gasteiger charge is 2.30. The van der Waals surface area contributed by atoms with Crippen LogP contribution in [0.4, 0.5) is 11.7 Å². The summed E-state index contributed by atoms with van der Waals surface area (Å²) in [6, 6.07) is 12.9. The van der Waals surface area contributed by atoms with E-state index in [-0.39, 0.29) is 12.0 Å². The Labute approximate surface area is 227 Å². The number of nitrogens with one attached hydrogen (secondary N) is 2. The Balaban J connectivity index is 1.11. The standard InChI is InChI=1S/C29H35N7O3/c1-19-31-27-13-12-23(18-36(27)34-19)35-14-6-9-22(17-35)32-24-10-3-4-11-25(24)33-29-30-16-26(39-29)20-7-5-8-21(15-20)28(37)38-2/h5,7-8,12-13,15-16,18,22,24-25,32H,3-4,6,9-11,14,17H2,1-2H3,(H,30,33). The van der Waals surface area contributed by atoms with E-state index in [1.807, 2.05) is 29.6 Å². The third kappa shape index (κ3) is 5.61. The fourth-order valence-corrected chi connectivity index (χ4v) is 5.87. The molecule has 10 heteroatoms. The van der Waals surface area contributed by atoms with Crippen molar-refractivity contribution < 1.29 is 13.9 Å². The minimum atomic E-state index is -0.374. The summed E-state index contributed by atoms with van der Waals surface area (Å²) in [6.45, 7) is 3.92. The van der Waals surface area contributed by atoms with Crippen LogP contribution in [0.1, 0.15) is 54.7 Å². The number of nitrogens with zero attached hydrogens (tertiary/aromatic N) is 5. The molecule has 10 nitrogen and oxygen atoms in total. The Bertz CT molecular complexity index is 1450. The number of methoxy groups -OCH3 is 1. The molecule has 0 bridgehead atoms. The Hall–Kier alpha value is -3.92. The third-order valence-corrected chi connectivity index (χ3v) is 7.81. The highest BCUT2D eigenvalue weighted by atomic mass is 16.5. The molecule has 0 spiro atoms. The van der Waals surface area contributed by atoms with Gasteiger partial charge in [0.15, 0.2) is 11.4 Å². The van der Waals surface area contributed by atoms with Crippen molar-refractivity contribution in [2.45, 2.75) is 63.6 Å². The van der Waals surface area contributed by atoms with Crippen LogP contribution >= 0.6 is 0 Å². The molecule has 1 aromatic carbocycles. The van der Waals surface area contributed by atoms with Crippen LogP contribution in [0.15, 0.2) is 53.2 Å². The van der Waals surface area contributed by atoms with Crippen molar-refractivity contribution in [1.82, 2.24) is 24.9 Å². The normalized spacial score (nSPS) is 21.7. The molecule has 0 amide bonds. The number of anilines is 2. The molecule has 6 rings (SSSR count). The number of aromatic nitrogens is 4. The number of esters is 1. The van der Waals surface area contributed by atoms with Gasteiger partial charge in [0.25, 0.3) is 6.01 Å². The SMILES string of the molecule is COC(=O)c1cccc(-c2cnc(NC3CCCCC3NC3CCCN(c4ccc5nc(C)nn5c4)C3)o2)c1. The lowest BCUT2D eigenvalue weighted by molar-refractivity contribution is 0.0601. The molecule has 3 aromatic heterocycles. The Morgan fingerprint density at radius 2 is 1.97 bits per heavy atom. The Morgan fingerprint density at radius 1 is 1.10 bits per heavy atom. The largest absolute Gasteiger partial charge is 0.465 e. The fourth-order valence-electron chi connectivity index (χ4n) is 5.87. The van der Waals surface area contributed by atoms with E-state index in [1.54, 1.807) is 18.3 Å². The molecule has 1 aliphatic heterocycles. The minimum absolute atomic E-state index is 0.233. The van der Waals surface area contributed by atoms with Crippen LogP contribution < -0.4 is 15.5 Å². The third-order valence-electron chi connectivity index (χ3n) is 7.81. The molecule has 4 aromatic rings. The number of carbonyl (C=O) groups excluding carboxylic acids is 1. The maximum Gasteiger partial charge on any atom is 0.337 e. The number of pyridine rings is 1. The van der Waals surface area contributed by atoms with Gasteiger partial charge in [0.05, 0.1) is 30.8 Å². The molecule has 39 heavy (non-hydrogen) atoms. The first-order chi connectivity index (χ1) is 19.1. The Kier molecular flexibility index (Phi) is 7.19. The monoisotopic (exact) mass is 529 g/mol. The van der Waals surface area contributed by atoms with Crippen LogP contribution in [0.2, 0.25) is 0 Å². The second kappa shape index (κ2) is 11.1. The summed E-state index contributed by atoms with van der Waals surface area (Å²) in [7, 11) is 1.38. The van der Waals surface area contributed by atoms with Crippen LogP contribution in [-0.4, -0.2) is 63.9 Å². The number of rotatable bonds is 7. The maximum absolute atomic E-state index is 11.9. The van der Waals surface area contributed by atoms with E-state index in [0.29, 0.717) is 29.4 Å². The maximum atomic E-state index is 11.9. The van der Waals surface area contributed by atoms with E-state index < -0.39 is 0 Å². The van der Waals surface area contributed by atoms with Gasteiger partial charge in [0.2, 0.25) is 0 Å². The van der Waals surface area contributed by atoms with Gasteiger partial charge in [0.1, 0.15) is 5.82 Å². The Morgan fingerprint density at radius 3 is 2.85 bits per heavy atom. The van der Waals surface area contributed by atoms with Gasteiger partial charge in [-0.25, -0.2) is 19.3 Å². The second-order valence-electron chi connectivity index (χ2n) is 10.5. The summed E-state index contributed by atoms with van der Waals surface area (Å²) in [4.78, 5) is 23.3. The van der Waals surface area contributed by atoms with Crippen molar-refractivity contribution in [3.8, 4) is 11.3 Å². The van der Waals surface area contributed by atoms with E-state index in [2.05, 4.69) is 42.9 Å². The van der Waals surface area contributed by atoms with E-state index in [1.165, 1.54) is 25.6 Å². The molecular weight excluding hydrogens is 494 g/mol. The second-order valence-corrected chi connectivity index (χ2v) is 10.5. The molecule has 1 saturated heterocycles. The van der Waals surface area contributed by atoms with E-state index >= 15 is 0 Å². The zero-order chi connectivity index (χ0) is 26.8. The fraction of sp³-hybridized carbons (Fsp3) is 0.448. The first-order valence-electron chi connectivity index (χ1n) is 13.8. The van der Waals surface area contributed by atoms with Gasteiger partial charge in [-0.1, -0.05) is 25.0 Å². The highest BCUT2D eigenvalue weighted by Crippen LogP contribution is 2.28. The highest BCUT2D eigenvalue weighted by molar-refractivity contribution is 5.90. The molecule has 0 radical (unpaired) electrons. The van der Waals surface area contributed by atoms with Gasteiger partial charge >= 0.3 is 5.97 Å². The number of piperidine rings is 1. The van der Waals surface area contributed by atoms with Gasteiger partial charge in [-0.2, -0.15) is 5.10 Å². The van der Waals surface area contributed by atoms with E-state index in [0.717, 1.165) is 55.8 Å². The number of hydrogen-bond acceptors (Lipinski definition) is 9. The number of carbonyl (C=O) groups is 1. The molecule has 1 saturated carbocycles. The molecule has 2 aliphatic rings. The van der Waals surface area contributed by atoms with E-state index in [9.17, 15) is 4.79 Å². The first kappa shape index (κ1) is 25.4. The average molecular weight is 530 g/mol. The van der Waals surface area contributed by atoms with Crippen LogP contribution in [-0.2, 0) is 4.74 Å². The molecular formula is C29H35N7O3. The zero-order valence-electron chi connectivity index (χ0n) is 22.5. The van der Waals surface area contributed by atoms with Crippen molar-refractivity contribution >= 4 is 23.3 Å². The van der Waals surface area contributed by atoms with Crippen molar-refractivity contribution in [1.29, 1.82) is 0 Å². The molecule has 2 fully saturated rings. The molecule has 2 N–H and O–H groups in total.